The summed E-state index contributed by atoms with van der Waals surface area (Å²) in [6.07, 6.45) is 2.12. The van der Waals surface area contributed by atoms with Crippen molar-refractivity contribution in [3.05, 3.63) is 30.5 Å². The summed E-state index contributed by atoms with van der Waals surface area (Å²) in [6, 6.07) is 7.33. The number of hydrogen-bond donors (Lipinski definition) is 1. The topological polar surface area (TPSA) is 97.3 Å². The van der Waals surface area contributed by atoms with Crippen LogP contribution in [-0.4, -0.2) is 55.3 Å². The zero-order chi connectivity index (χ0) is 17.2. The number of para-hydroxylation sites is 2. The summed E-state index contributed by atoms with van der Waals surface area (Å²) < 4.78 is 28.6. The van der Waals surface area contributed by atoms with Gasteiger partial charge in [-0.25, -0.2) is 8.42 Å². The minimum atomic E-state index is -2.95. The molecule has 1 aromatic heterocycles. The summed E-state index contributed by atoms with van der Waals surface area (Å²) in [4.78, 5) is 6.27. The van der Waals surface area contributed by atoms with Gasteiger partial charge >= 0.3 is 0 Å². The van der Waals surface area contributed by atoms with Gasteiger partial charge in [0.05, 0.1) is 30.5 Å². The van der Waals surface area contributed by atoms with Crippen LogP contribution in [0.15, 0.2) is 30.5 Å². The van der Waals surface area contributed by atoms with Crippen LogP contribution in [0, 0.1) is 0 Å². The van der Waals surface area contributed by atoms with E-state index >= 15 is 0 Å². The molecule has 0 radical (unpaired) electrons. The summed E-state index contributed by atoms with van der Waals surface area (Å²) in [5.74, 6) is 1.92. The largest absolute Gasteiger partial charge is 0.495 e. The Kier molecular flexibility index (Phi) is 4.52. The molecule has 0 saturated carbocycles. The highest BCUT2D eigenvalue weighted by atomic mass is 32.2. The predicted octanol–water partition coefficient (Wildman–Crippen LogP) is 1.25. The van der Waals surface area contributed by atoms with Crippen LogP contribution >= 0.6 is 0 Å². The van der Waals surface area contributed by atoms with Crippen LogP contribution in [-0.2, 0) is 9.84 Å². The number of benzene rings is 1. The highest BCUT2D eigenvalue weighted by molar-refractivity contribution is 7.91. The first-order valence-corrected chi connectivity index (χ1v) is 9.33. The zero-order valence-electron chi connectivity index (χ0n) is 13.5. The molecule has 1 atom stereocenters. The molecule has 1 aliphatic heterocycles. The van der Waals surface area contributed by atoms with Crippen LogP contribution in [0.1, 0.15) is 6.42 Å². The molecule has 1 N–H and O–H groups in total. The van der Waals surface area contributed by atoms with E-state index in [4.69, 9.17) is 4.74 Å². The molecule has 1 aliphatic rings. The number of ether oxygens (including phenoxy) is 1. The Hall–Kier alpha value is -2.42. The van der Waals surface area contributed by atoms with E-state index in [1.54, 1.807) is 7.11 Å². The van der Waals surface area contributed by atoms with E-state index in [1.807, 2.05) is 36.2 Å². The van der Waals surface area contributed by atoms with Gasteiger partial charge in [0.15, 0.2) is 15.7 Å². The van der Waals surface area contributed by atoms with Gasteiger partial charge in [-0.15, -0.1) is 5.10 Å². The molecule has 1 fully saturated rings. The Morgan fingerprint density at radius 3 is 2.83 bits per heavy atom. The normalized spacial score (nSPS) is 19.0. The Morgan fingerprint density at radius 2 is 2.12 bits per heavy atom. The summed E-state index contributed by atoms with van der Waals surface area (Å²) in [5, 5.41) is 11.0. The van der Waals surface area contributed by atoms with Gasteiger partial charge in [0.25, 0.3) is 0 Å². The first-order valence-electron chi connectivity index (χ1n) is 7.51. The van der Waals surface area contributed by atoms with E-state index in [2.05, 4.69) is 20.5 Å². The third-order valence-corrected chi connectivity index (χ3v) is 5.77. The standard InChI is InChI=1S/C15H19N5O3S/c1-20(11-7-8-24(21,22)10-11)14-9-16-19-15(18-14)17-12-5-3-4-6-13(12)23-2/h3-6,9,11H,7-8,10H2,1-2H3,(H,17,18,19). The van der Waals surface area contributed by atoms with Gasteiger partial charge in [0.2, 0.25) is 5.95 Å². The quantitative estimate of drug-likeness (QED) is 0.861. The average molecular weight is 349 g/mol. The van der Waals surface area contributed by atoms with Crippen molar-refractivity contribution in [3.63, 3.8) is 0 Å². The highest BCUT2D eigenvalue weighted by Gasteiger charge is 2.31. The molecule has 128 valence electrons. The first kappa shape index (κ1) is 16.4. The molecule has 1 aromatic carbocycles. The van der Waals surface area contributed by atoms with Crippen LogP contribution in [0.25, 0.3) is 0 Å². The third-order valence-electron chi connectivity index (χ3n) is 4.02. The zero-order valence-corrected chi connectivity index (χ0v) is 14.3. The fourth-order valence-electron chi connectivity index (χ4n) is 2.65. The number of sulfone groups is 1. The fraction of sp³-hybridized carbons (Fsp3) is 0.400. The smallest absolute Gasteiger partial charge is 0.249 e. The van der Waals surface area contributed by atoms with Gasteiger partial charge in [-0.1, -0.05) is 12.1 Å². The predicted molar refractivity (Wildman–Crippen MR) is 91.6 cm³/mol. The molecule has 1 saturated heterocycles. The van der Waals surface area contributed by atoms with Crippen LogP contribution in [0.3, 0.4) is 0 Å². The Bertz CT molecular complexity index is 827. The second-order valence-electron chi connectivity index (χ2n) is 5.63. The second kappa shape index (κ2) is 6.60. The van der Waals surface area contributed by atoms with Crippen molar-refractivity contribution in [2.45, 2.75) is 12.5 Å². The molecule has 0 spiro atoms. The van der Waals surface area contributed by atoms with Crippen molar-refractivity contribution < 1.29 is 13.2 Å². The monoisotopic (exact) mass is 349 g/mol. The number of nitrogens with one attached hydrogen (secondary N) is 1. The van der Waals surface area contributed by atoms with Gasteiger partial charge in [-0.05, 0) is 18.6 Å². The minimum Gasteiger partial charge on any atom is -0.495 e. The summed E-state index contributed by atoms with van der Waals surface area (Å²) in [5.41, 5.74) is 0.727. The lowest BCUT2D eigenvalue weighted by Gasteiger charge is -2.24. The molecule has 3 rings (SSSR count). The number of anilines is 3. The maximum atomic E-state index is 11.7. The van der Waals surface area contributed by atoms with Gasteiger partial charge < -0.3 is 15.0 Å². The van der Waals surface area contributed by atoms with Crippen LogP contribution in [0.5, 0.6) is 5.75 Å². The fourth-order valence-corrected chi connectivity index (χ4v) is 4.43. The van der Waals surface area contributed by atoms with Crippen molar-refractivity contribution in [1.82, 2.24) is 15.2 Å². The van der Waals surface area contributed by atoms with Crippen molar-refractivity contribution in [1.29, 1.82) is 0 Å². The number of aromatic nitrogens is 3. The number of methoxy groups -OCH3 is 1. The Morgan fingerprint density at radius 1 is 1.33 bits per heavy atom. The van der Waals surface area contributed by atoms with Crippen molar-refractivity contribution >= 4 is 27.3 Å². The molecule has 9 heteroatoms. The molecule has 2 aromatic rings. The molecule has 0 aliphatic carbocycles. The number of hydrogen-bond acceptors (Lipinski definition) is 8. The van der Waals surface area contributed by atoms with E-state index in [-0.39, 0.29) is 17.5 Å². The molecule has 2 heterocycles. The molecular weight excluding hydrogens is 330 g/mol. The van der Waals surface area contributed by atoms with Crippen molar-refractivity contribution in [2.24, 2.45) is 0 Å². The number of rotatable bonds is 5. The van der Waals surface area contributed by atoms with Gasteiger partial charge in [0, 0.05) is 13.1 Å². The van der Waals surface area contributed by atoms with Crippen LogP contribution < -0.4 is 15.0 Å². The van der Waals surface area contributed by atoms with Gasteiger partial charge in [0.1, 0.15) is 5.75 Å². The maximum absolute atomic E-state index is 11.7. The van der Waals surface area contributed by atoms with Gasteiger partial charge in [-0.2, -0.15) is 10.1 Å². The molecule has 1 unspecified atom stereocenters. The van der Waals surface area contributed by atoms with Crippen LogP contribution in [0.4, 0.5) is 17.5 Å². The van der Waals surface area contributed by atoms with E-state index in [0.29, 0.717) is 23.9 Å². The Balaban J connectivity index is 1.79. The van der Waals surface area contributed by atoms with Crippen molar-refractivity contribution in [2.75, 3.05) is 35.9 Å². The average Bonchev–Trinajstić information content (AvgIpc) is 2.95. The van der Waals surface area contributed by atoms with Crippen LogP contribution in [0.2, 0.25) is 0 Å². The summed E-state index contributed by atoms with van der Waals surface area (Å²) >= 11 is 0. The lowest BCUT2D eigenvalue weighted by atomic mass is 10.2. The van der Waals surface area contributed by atoms with Crippen molar-refractivity contribution in [3.8, 4) is 5.75 Å². The summed E-state index contributed by atoms with van der Waals surface area (Å²) in [6.45, 7) is 0. The van der Waals surface area contributed by atoms with E-state index in [0.717, 1.165) is 5.69 Å². The van der Waals surface area contributed by atoms with E-state index in [9.17, 15) is 8.42 Å². The third kappa shape index (κ3) is 3.56. The van der Waals surface area contributed by atoms with Gasteiger partial charge in [-0.3, -0.25) is 0 Å². The Labute approximate surface area is 140 Å². The first-order chi connectivity index (χ1) is 11.5. The molecule has 0 amide bonds. The molecule has 0 bridgehead atoms. The maximum Gasteiger partial charge on any atom is 0.249 e. The van der Waals surface area contributed by atoms with E-state index < -0.39 is 9.84 Å². The SMILES string of the molecule is COc1ccccc1Nc1nncc(N(C)C2CCS(=O)(=O)C2)n1. The molecular formula is C15H19N5O3S. The van der Waals surface area contributed by atoms with E-state index in [1.165, 1.54) is 6.20 Å². The molecule has 24 heavy (non-hydrogen) atoms. The molecule has 8 nitrogen and oxygen atoms in total. The minimum absolute atomic E-state index is 0.0918. The lowest BCUT2D eigenvalue weighted by Crippen LogP contribution is -2.33. The highest BCUT2D eigenvalue weighted by Crippen LogP contribution is 2.26. The second-order valence-corrected chi connectivity index (χ2v) is 7.86. The number of nitrogens with zero attached hydrogens (tertiary/aromatic N) is 4. The summed E-state index contributed by atoms with van der Waals surface area (Å²) in [7, 11) is 0.456. The lowest BCUT2D eigenvalue weighted by molar-refractivity contribution is 0.417.